The van der Waals surface area contributed by atoms with Crippen LogP contribution in [-0.2, 0) is 4.74 Å². The number of fused-ring (bicyclic) bond motifs is 1. The van der Waals surface area contributed by atoms with Gasteiger partial charge in [-0.25, -0.2) is 4.98 Å². The van der Waals surface area contributed by atoms with E-state index in [2.05, 4.69) is 54.3 Å². The topological polar surface area (TPSA) is 78.4 Å². The minimum atomic E-state index is -4.83. The highest BCUT2D eigenvalue weighted by atomic mass is 19.4. The van der Waals surface area contributed by atoms with Gasteiger partial charge in [-0.1, -0.05) is 20.8 Å². The van der Waals surface area contributed by atoms with Crippen LogP contribution < -0.4 is 10.5 Å². The van der Waals surface area contributed by atoms with E-state index >= 15 is 0 Å². The Kier molecular flexibility index (Phi) is 6.83. The summed E-state index contributed by atoms with van der Waals surface area (Å²) in [5.41, 5.74) is 7.71. The lowest BCUT2D eigenvalue weighted by molar-refractivity contribution is -0.274. The molecular weight excluding hydrogens is 447 g/mol. The number of ether oxygens (including phenoxy) is 2. The lowest BCUT2D eigenvalue weighted by atomic mass is 10.1. The van der Waals surface area contributed by atoms with Gasteiger partial charge in [0.15, 0.2) is 11.6 Å². The standard InChI is InChI=1S/C20H24F3N5O2.C4H10/c1-10(2)28-16(18-13-6-27(7-14(13)18)12-8-29-9-12)4-15(26-28)11-3-17(19(24)25-5-11)30-20(21,22)23;1-4(2)3/h3-5,10,12-14,18H,6-9H2,1-2H3,(H2,24,25);4H,1-3H3/t13-,14+,18?;. The van der Waals surface area contributed by atoms with Gasteiger partial charge < -0.3 is 15.2 Å². The molecule has 7 nitrogen and oxygen atoms in total. The molecular formula is C24H34F3N5O2. The van der Waals surface area contributed by atoms with Crippen LogP contribution in [0.4, 0.5) is 19.0 Å². The lowest BCUT2D eigenvalue weighted by Crippen LogP contribution is -2.48. The van der Waals surface area contributed by atoms with E-state index in [-0.39, 0.29) is 11.9 Å². The fraction of sp³-hybridized carbons (Fsp3) is 0.667. The highest BCUT2D eigenvalue weighted by Crippen LogP contribution is 2.59. The number of nitrogens with two attached hydrogens (primary N) is 1. The van der Waals surface area contributed by atoms with Gasteiger partial charge in [-0.05, 0) is 43.7 Å². The smallest absolute Gasteiger partial charge is 0.402 e. The van der Waals surface area contributed by atoms with Crippen LogP contribution in [0.3, 0.4) is 0 Å². The summed E-state index contributed by atoms with van der Waals surface area (Å²) in [7, 11) is 0. The maximum absolute atomic E-state index is 12.7. The lowest BCUT2D eigenvalue weighted by Gasteiger charge is -2.35. The van der Waals surface area contributed by atoms with Crippen LogP contribution in [0.25, 0.3) is 11.3 Å². The highest BCUT2D eigenvalue weighted by Gasteiger charge is 2.58. The molecule has 1 saturated carbocycles. The molecule has 0 aromatic carbocycles. The van der Waals surface area contributed by atoms with E-state index in [0.717, 1.165) is 37.9 Å². The molecule has 5 rings (SSSR count). The minimum Gasteiger partial charge on any atom is -0.402 e. The van der Waals surface area contributed by atoms with Crippen molar-refractivity contribution < 1.29 is 22.6 Å². The summed E-state index contributed by atoms with van der Waals surface area (Å²) in [6.45, 7) is 14.4. The number of alkyl halides is 3. The first-order valence-electron chi connectivity index (χ1n) is 11.9. The maximum atomic E-state index is 12.7. The average molecular weight is 482 g/mol. The molecule has 0 bridgehead atoms. The number of piperidine rings is 1. The zero-order chi connectivity index (χ0) is 24.8. The molecule has 188 valence electrons. The van der Waals surface area contributed by atoms with Crippen molar-refractivity contribution in [1.29, 1.82) is 0 Å². The molecule has 2 aromatic rings. The fourth-order valence-corrected chi connectivity index (χ4v) is 4.74. The zero-order valence-corrected chi connectivity index (χ0v) is 20.3. The van der Waals surface area contributed by atoms with Gasteiger partial charge in [0.1, 0.15) is 0 Å². The third-order valence-electron chi connectivity index (χ3n) is 6.36. The van der Waals surface area contributed by atoms with Crippen molar-refractivity contribution in [2.75, 3.05) is 32.0 Å². The third-order valence-corrected chi connectivity index (χ3v) is 6.36. The van der Waals surface area contributed by atoms with E-state index in [0.29, 0.717) is 35.1 Å². The molecule has 10 heteroatoms. The predicted octanol–water partition coefficient (Wildman–Crippen LogP) is 4.71. The molecule has 4 heterocycles. The first-order chi connectivity index (χ1) is 15.9. The molecule has 3 fully saturated rings. The second-order valence-corrected chi connectivity index (χ2v) is 10.4. The number of hydrogen-bond acceptors (Lipinski definition) is 6. The van der Waals surface area contributed by atoms with Gasteiger partial charge in [-0.2, -0.15) is 5.10 Å². The van der Waals surface area contributed by atoms with Crippen molar-refractivity contribution in [3.8, 4) is 17.0 Å². The summed E-state index contributed by atoms with van der Waals surface area (Å²) in [5.74, 6) is 1.64. The Morgan fingerprint density at radius 1 is 1.09 bits per heavy atom. The number of nitrogens with zero attached hydrogens (tertiary/aromatic N) is 4. The summed E-state index contributed by atoms with van der Waals surface area (Å²) in [6.07, 6.45) is -3.40. The Labute approximate surface area is 198 Å². The molecule has 2 aromatic heterocycles. The molecule has 34 heavy (non-hydrogen) atoms. The third kappa shape index (κ3) is 5.33. The number of likely N-dealkylation sites (tertiary alicyclic amines) is 1. The Bertz CT molecular complexity index is 988. The van der Waals surface area contributed by atoms with E-state index in [4.69, 9.17) is 10.5 Å². The maximum Gasteiger partial charge on any atom is 0.573 e. The van der Waals surface area contributed by atoms with E-state index in [1.165, 1.54) is 12.3 Å². The predicted molar refractivity (Wildman–Crippen MR) is 123 cm³/mol. The average Bonchev–Trinajstić information content (AvgIpc) is 3.02. The molecule has 0 radical (unpaired) electrons. The first kappa shape index (κ1) is 24.8. The second-order valence-electron chi connectivity index (χ2n) is 10.4. The van der Waals surface area contributed by atoms with Crippen LogP contribution in [0.1, 0.15) is 52.3 Å². The van der Waals surface area contributed by atoms with Crippen LogP contribution in [0, 0.1) is 17.8 Å². The van der Waals surface area contributed by atoms with Crippen molar-refractivity contribution in [2.45, 2.75) is 59.0 Å². The Balaban J connectivity index is 0.000000636. The van der Waals surface area contributed by atoms with E-state index in [9.17, 15) is 13.2 Å². The van der Waals surface area contributed by atoms with Crippen molar-refractivity contribution >= 4 is 5.82 Å². The van der Waals surface area contributed by atoms with Crippen molar-refractivity contribution in [1.82, 2.24) is 19.7 Å². The van der Waals surface area contributed by atoms with Crippen molar-refractivity contribution in [3.05, 3.63) is 24.0 Å². The van der Waals surface area contributed by atoms with Gasteiger partial charge >= 0.3 is 6.36 Å². The van der Waals surface area contributed by atoms with E-state index < -0.39 is 12.1 Å². The Hall–Kier alpha value is -2.33. The van der Waals surface area contributed by atoms with Gasteiger partial charge in [-0.15, -0.1) is 13.2 Å². The first-order valence-corrected chi connectivity index (χ1v) is 11.9. The molecule has 3 aliphatic rings. The molecule has 0 spiro atoms. The van der Waals surface area contributed by atoms with Gasteiger partial charge in [0.2, 0.25) is 0 Å². The van der Waals surface area contributed by atoms with Crippen LogP contribution in [0.15, 0.2) is 18.3 Å². The van der Waals surface area contributed by atoms with Crippen LogP contribution in [-0.4, -0.2) is 58.4 Å². The van der Waals surface area contributed by atoms with Crippen molar-refractivity contribution in [2.24, 2.45) is 17.8 Å². The monoisotopic (exact) mass is 481 g/mol. The molecule has 2 N–H and O–H groups in total. The summed E-state index contributed by atoms with van der Waals surface area (Å²) in [4.78, 5) is 6.38. The SMILES string of the molecule is CC(C)C.CC(C)n1nc(-c2cnc(N)c(OC(F)(F)F)c2)cc1C1[C@H]2CN(C3COC3)C[C@@H]12. The Morgan fingerprint density at radius 2 is 1.71 bits per heavy atom. The number of aromatic nitrogens is 3. The highest BCUT2D eigenvalue weighted by molar-refractivity contribution is 5.64. The normalized spacial score (nSPS) is 24.6. The zero-order valence-electron chi connectivity index (χ0n) is 20.3. The molecule has 2 saturated heterocycles. The van der Waals surface area contributed by atoms with Gasteiger partial charge in [-0.3, -0.25) is 9.58 Å². The summed E-state index contributed by atoms with van der Waals surface area (Å²) >= 11 is 0. The molecule has 1 aliphatic carbocycles. The quantitative estimate of drug-likeness (QED) is 0.666. The number of hydrogen-bond donors (Lipinski definition) is 1. The number of rotatable bonds is 5. The fourth-order valence-electron chi connectivity index (χ4n) is 4.74. The van der Waals surface area contributed by atoms with Crippen LogP contribution in [0.5, 0.6) is 5.75 Å². The minimum absolute atomic E-state index is 0.138. The van der Waals surface area contributed by atoms with E-state index in [1.807, 2.05) is 10.7 Å². The number of anilines is 1. The van der Waals surface area contributed by atoms with Crippen molar-refractivity contribution in [3.63, 3.8) is 0 Å². The number of nitrogen functional groups attached to an aromatic ring is 1. The molecule has 2 aliphatic heterocycles. The van der Waals surface area contributed by atoms with Gasteiger partial charge in [0.25, 0.3) is 0 Å². The number of pyridine rings is 1. The Morgan fingerprint density at radius 3 is 2.21 bits per heavy atom. The van der Waals surface area contributed by atoms with E-state index in [1.54, 1.807) is 0 Å². The van der Waals surface area contributed by atoms with Crippen LogP contribution in [0.2, 0.25) is 0 Å². The summed E-state index contributed by atoms with van der Waals surface area (Å²) in [6, 6.07) is 3.92. The second kappa shape index (κ2) is 9.37. The molecule has 0 amide bonds. The summed E-state index contributed by atoms with van der Waals surface area (Å²) < 4.78 is 49.3. The van der Waals surface area contributed by atoms with Gasteiger partial charge in [0.05, 0.1) is 24.9 Å². The molecule has 3 atom stereocenters. The van der Waals surface area contributed by atoms with Gasteiger partial charge in [0, 0.05) is 42.5 Å². The summed E-state index contributed by atoms with van der Waals surface area (Å²) in [5, 5.41) is 4.68. The van der Waals surface area contributed by atoms with Crippen LogP contribution >= 0.6 is 0 Å². The largest absolute Gasteiger partial charge is 0.573 e. The molecule has 1 unspecified atom stereocenters. The number of halogens is 3.